The Bertz CT molecular complexity index is 405. The lowest BCUT2D eigenvalue weighted by molar-refractivity contribution is -0.123. The van der Waals surface area contributed by atoms with E-state index in [1.165, 1.54) is 0 Å². The SMILES string of the molecule is CCNC(=O)COc1ccc(C(C)N)cc1OC. The maximum Gasteiger partial charge on any atom is 0.257 e. The molecular weight excluding hydrogens is 232 g/mol. The quantitative estimate of drug-likeness (QED) is 0.798. The molecule has 1 amide bonds. The number of benzene rings is 1. The van der Waals surface area contributed by atoms with Gasteiger partial charge in [-0.05, 0) is 31.5 Å². The molecule has 0 aliphatic carbocycles. The van der Waals surface area contributed by atoms with Crippen molar-refractivity contribution < 1.29 is 14.3 Å². The lowest BCUT2D eigenvalue weighted by Crippen LogP contribution is -2.28. The van der Waals surface area contributed by atoms with Gasteiger partial charge in [-0.3, -0.25) is 4.79 Å². The van der Waals surface area contributed by atoms with Crippen LogP contribution in [0.15, 0.2) is 18.2 Å². The van der Waals surface area contributed by atoms with Crippen molar-refractivity contribution in [3.8, 4) is 11.5 Å². The van der Waals surface area contributed by atoms with Crippen LogP contribution in [-0.4, -0.2) is 26.2 Å². The van der Waals surface area contributed by atoms with E-state index in [0.717, 1.165) is 5.56 Å². The first-order valence-electron chi connectivity index (χ1n) is 5.91. The van der Waals surface area contributed by atoms with Crippen LogP contribution in [0.25, 0.3) is 0 Å². The number of hydrogen-bond acceptors (Lipinski definition) is 4. The van der Waals surface area contributed by atoms with Crippen LogP contribution in [-0.2, 0) is 4.79 Å². The highest BCUT2D eigenvalue weighted by molar-refractivity contribution is 5.77. The van der Waals surface area contributed by atoms with Crippen molar-refractivity contribution in [1.29, 1.82) is 0 Å². The van der Waals surface area contributed by atoms with Gasteiger partial charge in [0.15, 0.2) is 18.1 Å². The van der Waals surface area contributed by atoms with E-state index in [2.05, 4.69) is 5.32 Å². The number of carbonyl (C=O) groups excluding carboxylic acids is 1. The minimum atomic E-state index is -0.157. The fourth-order valence-corrected chi connectivity index (χ4v) is 1.48. The summed E-state index contributed by atoms with van der Waals surface area (Å²) in [7, 11) is 1.55. The van der Waals surface area contributed by atoms with Gasteiger partial charge in [-0.1, -0.05) is 6.07 Å². The molecule has 0 spiro atoms. The largest absolute Gasteiger partial charge is 0.493 e. The van der Waals surface area contributed by atoms with Crippen LogP contribution < -0.4 is 20.5 Å². The Labute approximate surface area is 107 Å². The van der Waals surface area contributed by atoms with Crippen LogP contribution in [0.5, 0.6) is 11.5 Å². The van der Waals surface area contributed by atoms with E-state index in [1.54, 1.807) is 13.2 Å². The molecule has 18 heavy (non-hydrogen) atoms. The van der Waals surface area contributed by atoms with E-state index in [4.69, 9.17) is 15.2 Å². The second-order valence-corrected chi connectivity index (χ2v) is 3.94. The summed E-state index contributed by atoms with van der Waals surface area (Å²) in [6, 6.07) is 5.37. The van der Waals surface area contributed by atoms with E-state index >= 15 is 0 Å². The predicted molar refractivity (Wildman–Crippen MR) is 69.8 cm³/mol. The molecule has 1 aromatic carbocycles. The summed E-state index contributed by atoms with van der Waals surface area (Å²) >= 11 is 0. The van der Waals surface area contributed by atoms with Crippen molar-refractivity contribution in [2.75, 3.05) is 20.3 Å². The summed E-state index contributed by atoms with van der Waals surface area (Å²) in [5, 5.41) is 2.66. The third kappa shape index (κ3) is 3.92. The molecule has 0 saturated carbocycles. The molecule has 100 valence electrons. The molecule has 1 rings (SSSR count). The molecule has 0 fully saturated rings. The Hall–Kier alpha value is -1.75. The second kappa shape index (κ2) is 6.86. The van der Waals surface area contributed by atoms with E-state index in [9.17, 15) is 4.79 Å². The highest BCUT2D eigenvalue weighted by atomic mass is 16.5. The second-order valence-electron chi connectivity index (χ2n) is 3.94. The fourth-order valence-electron chi connectivity index (χ4n) is 1.48. The van der Waals surface area contributed by atoms with Gasteiger partial charge in [0.25, 0.3) is 5.91 Å². The van der Waals surface area contributed by atoms with E-state index in [-0.39, 0.29) is 18.6 Å². The number of nitrogens with two attached hydrogens (primary N) is 1. The number of methoxy groups -OCH3 is 1. The number of ether oxygens (including phenoxy) is 2. The standard InChI is InChI=1S/C13H20N2O3/c1-4-15-13(16)8-18-11-6-5-10(9(2)14)7-12(11)17-3/h5-7,9H,4,8,14H2,1-3H3,(H,15,16). The van der Waals surface area contributed by atoms with Crippen LogP contribution in [0.1, 0.15) is 25.5 Å². The molecule has 0 heterocycles. The number of rotatable bonds is 6. The number of hydrogen-bond donors (Lipinski definition) is 2. The van der Waals surface area contributed by atoms with Crippen molar-refractivity contribution in [1.82, 2.24) is 5.32 Å². The summed E-state index contributed by atoms with van der Waals surface area (Å²) < 4.78 is 10.6. The molecular formula is C13H20N2O3. The number of amides is 1. The number of likely N-dealkylation sites (N-methyl/N-ethyl adjacent to an activating group) is 1. The summed E-state index contributed by atoms with van der Waals surface area (Å²) in [5.74, 6) is 0.957. The Kier molecular flexibility index (Phi) is 5.45. The zero-order valence-corrected chi connectivity index (χ0v) is 11.0. The Morgan fingerprint density at radius 1 is 1.44 bits per heavy atom. The minimum absolute atomic E-state index is 0.0261. The molecule has 0 aliphatic rings. The third-order valence-corrected chi connectivity index (χ3v) is 2.45. The van der Waals surface area contributed by atoms with Crippen LogP contribution in [0.4, 0.5) is 0 Å². The maximum absolute atomic E-state index is 11.3. The number of carbonyl (C=O) groups is 1. The number of nitrogens with one attached hydrogen (secondary N) is 1. The minimum Gasteiger partial charge on any atom is -0.493 e. The summed E-state index contributed by atoms with van der Waals surface area (Å²) in [5.41, 5.74) is 6.74. The molecule has 0 saturated heterocycles. The van der Waals surface area contributed by atoms with E-state index in [1.807, 2.05) is 26.0 Å². The highest BCUT2D eigenvalue weighted by Crippen LogP contribution is 2.29. The molecule has 1 unspecified atom stereocenters. The molecule has 5 nitrogen and oxygen atoms in total. The molecule has 1 atom stereocenters. The summed E-state index contributed by atoms with van der Waals surface area (Å²) in [6.45, 7) is 4.31. The summed E-state index contributed by atoms with van der Waals surface area (Å²) in [6.07, 6.45) is 0. The van der Waals surface area contributed by atoms with Gasteiger partial charge in [-0.15, -0.1) is 0 Å². The van der Waals surface area contributed by atoms with Crippen LogP contribution >= 0.6 is 0 Å². The lowest BCUT2D eigenvalue weighted by Gasteiger charge is -2.13. The molecule has 1 aromatic rings. The van der Waals surface area contributed by atoms with Crippen LogP contribution in [0.2, 0.25) is 0 Å². The van der Waals surface area contributed by atoms with E-state index in [0.29, 0.717) is 18.0 Å². The van der Waals surface area contributed by atoms with Gasteiger partial charge in [0, 0.05) is 12.6 Å². The molecule has 0 aromatic heterocycles. The van der Waals surface area contributed by atoms with Crippen molar-refractivity contribution in [3.63, 3.8) is 0 Å². The van der Waals surface area contributed by atoms with Gasteiger partial charge < -0.3 is 20.5 Å². The smallest absolute Gasteiger partial charge is 0.257 e. The van der Waals surface area contributed by atoms with Gasteiger partial charge in [0.1, 0.15) is 0 Å². The average molecular weight is 252 g/mol. The zero-order valence-electron chi connectivity index (χ0n) is 11.0. The highest BCUT2D eigenvalue weighted by Gasteiger charge is 2.09. The molecule has 5 heteroatoms. The first-order chi connectivity index (χ1) is 8.58. The van der Waals surface area contributed by atoms with Crippen molar-refractivity contribution >= 4 is 5.91 Å². The van der Waals surface area contributed by atoms with Crippen molar-refractivity contribution in [3.05, 3.63) is 23.8 Å². The maximum atomic E-state index is 11.3. The van der Waals surface area contributed by atoms with Gasteiger partial charge in [-0.25, -0.2) is 0 Å². The molecule has 0 radical (unpaired) electrons. The molecule has 3 N–H and O–H groups in total. The predicted octanol–water partition coefficient (Wildman–Crippen LogP) is 1.23. The van der Waals surface area contributed by atoms with Gasteiger partial charge in [0.05, 0.1) is 7.11 Å². The first kappa shape index (κ1) is 14.3. The average Bonchev–Trinajstić information content (AvgIpc) is 2.36. The van der Waals surface area contributed by atoms with Crippen molar-refractivity contribution in [2.45, 2.75) is 19.9 Å². The Morgan fingerprint density at radius 3 is 2.72 bits per heavy atom. The van der Waals surface area contributed by atoms with Crippen molar-refractivity contribution in [2.24, 2.45) is 5.73 Å². The van der Waals surface area contributed by atoms with E-state index < -0.39 is 0 Å². The van der Waals surface area contributed by atoms with Gasteiger partial charge in [-0.2, -0.15) is 0 Å². The topological polar surface area (TPSA) is 73.6 Å². The van der Waals surface area contributed by atoms with Crippen LogP contribution in [0, 0.1) is 0 Å². The van der Waals surface area contributed by atoms with Gasteiger partial charge >= 0.3 is 0 Å². The monoisotopic (exact) mass is 252 g/mol. The Balaban J connectivity index is 2.73. The lowest BCUT2D eigenvalue weighted by atomic mass is 10.1. The Morgan fingerprint density at radius 2 is 2.17 bits per heavy atom. The molecule has 0 bridgehead atoms. The zero-order chi connectivity index (χ0) is 13.5. The van der Waals surface area contributed by atoms with Crippen LogP contribution in [0.3, 0.4) is 0 Å². The third-order valence-electron chi connectivity index (χ3n) is 2.45. The summed E-state index contributed by atoms with van der Waals surface area (Å²) in [4.78, 5) is 11.3. The first-order valence-corrected chi connectivity index (χ1v) is 5.91. The van der Waals surface area contributed by atoms with Gasteiger partial charge in [0.2, 0.25) is 0 Å². The fraction of sp³-hybridized carbons (Fsp3) is 0.462. The normalized spacial score (nSPS) is 11.8. The molecule has 0 aliphatic heterocycles.